The molecule has 0 unspecified atom stereocenters. The van der Waals surface area contributed by atoms with Crippen LogP contribution >= 0.6 is 0 Å². The lowest BCUT2D eigenvalue weighted by Gasteiger charge is -2.11. The molecule has 0 bridgehead atoms. The predicted molar refractivity (Wildman–Crippen MR) is 42.9 cm³/mol. The molecular formula is C7H10FN3O. The molecule has 0 atom stereocenters. The van der Waals surface area contributed by atoms with Gasteiger partial charge in [0.25, 0.3) is 0 Å². The van der Waals surface area contributed by atoms with Gasteiger partial charge in [-0.05, 0) is 0 Å². The van der Waals surface area contributed by atoms with Crippen molar-refractivity contribution >= 4 is 5.82 Å². The highest BCUT2D eigenvalue weighted by atomic mass is 19.1. The van der Waals surface area contributed by atoms with Crippen molar-refractivity contribution in [1.29, 1.82) is 0 Å². The molecule has 12 heavy (non-hydrogen) atoms. The van der Waals surface area contributed by atoms with Gasteiger partial charge in [0.05, 0.1) is 13.3 Å². The third-order valence-electron chi connectivity index (χ3n) is 1.31. The average molecular weight is 171 g/mol. The van der Waals surface area contributed by atoms with Crippen LogP contribution in [0.25, 0.3) is 0 Å². The molecule has 0 saturated heterocycles. The van der Waals surface area contributed by atoms with Gasteiger partial charge in [-0.3, -0.25) is 0 Å². The van der Waals surface area contributed by atoms with Crippen LogP contribution in [0.3, 0.4) is 0 Å². The molecule has 1 rings (SSSR count). The second-order valence-corrected chi connectivity index (χ2v) is 2.42. The quantitative estimate of drug-likeness (QED) is 0.656. The fraction of sp³-hybridized carbons (Fsp3) is 0.429. The number of rotatable bonds is 2. The molecule has 1 aromatic rings. The van der Waals surface area contributed by atoms with E-state index in [-0.39, 0.29) is 11.8 Å². The van der Waals surface area contributed by atoms with Crippen LogP contribution in [0.1, 0.15) is 0 Å². The summed E-state index contributed by atoms with van der Waals surface area (Å²) in [5.41, 5.74) is 0. The number of halogens is 1. The minimum absolute atomic E-state index is 0.167. The van der Waals surface area contributed by atoms with Gasteiger partial charge in [0, 0.05) is 14.1 Å². The van der Waals surface area contributed by atoms with E-state index in [1.807, 2.05) is 0 Å². The second-order valence-electron chi connectivity index (χ2n) is 2.42. The van der Waals surface area contributed by atoms with E-state index in [9.17, 15) is 4.39 Å². The number of nitrogens with zero attached hydrogens (tertiary/aromatic N) is 3. The SMILES string of the molecule is COc1ncc(F)c(N(C)C)n1. The van der Waals surface area contributed by atoms with Crippen LogP contribution in [-0.4, -0.2) is 31.2 Å². The van der Waals surface area contributed by atoms with E-state index >= 15 is 0 Å². The van der Waals surface area contributed by atoms with Crippen molar-refractivity contribution in [2.45, 2.75) is 0 Å². The summed E-state index contributed by atoms with van der Waals surface area (Å²) >= 11 is 0. The van der Waals surface area contributed by atoms with E-state index in [0.29, 0.717) is 0 Å². The number of hydrogen-bond donors (Lipinski definition) is 0. The molecule has 0 saturated carbocycles. The van der Waals surface area contributed by atoms with Crippen molar-refractivity contribution in [2.75, 3.05) is 26.1 Å². The Hall–Kier alpha value is -1.39. The zero-order valence-electron chi connectivity index (χ0n) is 7.21. The molecule has 0 aliphatic rings. The van der Waals surface area contributed by atoms with Crippen molar-refractivity contribution in [1.82, 2.24) is 9.97 Å². The van der Waals surface area contributed by atoms with Crippen molar-refractivity contribution < 1.29 is 9.13 Å². The van der Waals surface area contributed by atoms with Crippen LogP contribution in [0, 0.1) is 5.82 Å². The normalized spacial score (nSPS) is 9.67. The Bertz CT molecular complexity index is 277. The van der Waals surface area contributed by atoms with Gasteiger partial charge in [-0.25, -0.2) is 9.37 Å². The van der Waals surface area contributed by atoms with Gasteiger partial charge in [0.2, 0.25) is 0 Å². The first kappa shape index (κ1) is 8.70. The molecule has 0 aliphatic carbocycles. The standard InChI is InChI=1S/C7H10FN3O/c1-11(2)6-5(8)4-9-7(10-6)12-3/h4H,1-3H3. The van der Waals surface area contributed by atoms with E-state index in [0.717, 1.165) is 6.20 Å². The van der Waals surface area contributed by atoms with Gasteiger partial charge >= 0.3 is 6.01 Å². The molecule has 0 spiro atoms. The van der Waals surface area contributed by atoms with Crippen molar-refractivity contribution in [3.8, 4) is 6.01 Å². The minimum atomic E-state index is -0.458. The van der Waals surface area contributed by atoms with E-state index in [2.05, 4.69) is 9.97 Å². The number of hydrogen-bond acceptors (Lipinski definition) is 4. The van der Waals surface area contributed by atoms with Gasteiger partial charge in [-0.1, -0.05) is 0 Å². The molecule has 1 aromatic heterocycles. The third kappa shape index (κ3) is 1.61. The molecule has 0 aliphatic heterocycles. The second kappa shape index (κ2) is 3.34. The first-order chi connectivity index (χ1) is 5.65. The summed E-state index contributed by atoms with van der Waals surface area (Å²) in [5, 5.41) is 0. The van der Waals surface area contributed by atoms with E-state index < -0.39 is 5.82 Å². The Morgan fingerprint density at radius 2 is 2.17 bits per heavy atom. The summed E-state index contributed by atoms with van der Waals surface area (Å²) in [6, 6.07) is 0.167. The highest BCUT2D eigenvalue weighted by Crippen LogP contribution is 2.14. The molecule has 0 radical (unpaired) electrons. The van der Waals surface area contributed by atoms with Crippen molar-refractivity contribution in [3.63, 3.8) is 0 Å². The zero-order valence-corrected chi connectivity index (χ0v) is 7.21. The number of aromatic nitrogens is 2. The van der Waals surface area contributed by atoms with E-state index in [4.69, 9.17) is 4.74 Å². The van der Waals surface area contributed by atoms with Gasteiger partial charge in [0.15, 0.2) is 11.6 Å². The maximum Gasteiger partial charge on any atom is 0.318 e. The molecule has 4 nitrogen and oxygen atoms in total. The summed E-state index contributed by atoms with van der Waals surface area (Å²) in [7, 11) is 4.84. The van der Waals surface area contributed by atoms with Crippen molar-refractivity contribution in [2.24, 2.45) is 0 Å². The Morgan fingerprint density at radius 3 is 2.67 bits per heavy atom. The maximum atomic E-state index is 12.9. The van der Waals surface area contributed by atoms with Crippen molar-refractivity contribution in [3.05, 3.63) is 12.0 Å². The van der Waals surface area contributed by atoms with Gasteiger partial charge < -0.3 is 9.64 Å². The summed E-state index contributed by atoms with van der Waals surface area (Å²) in [6.07, 6.45) is 1.08. The topological polar surface area (TPSA) is 38.2 Å². The first-order valence-electron chi connectivity index (χ1n) is 3.39. The number of anilines is 1. The van der Waals surface area contributed by atoms with Gasteiger partial charge in [-0.2, -0.15) is 4.98 Å². The lowest BCUT2D eigenvalue weighted by molar-refractivity contribution is 0.377. The average Bonchev–Trinajstić information content (AvgIpc) is 2.05. The lowest BCUT2D eigenvalue weighted by atomic mass is 10.5. The maximum absolute atomic E-state index is 12.9. The molecular weight excluding hydrogens is 161 g/mol. The summed E-state index contributed by atoms with van der Waals surface area (Å²) in [5.74, 6) is -0.234. The van der Waals surface area contributed by atoms with E-state index in [1.54, 1.807) is 19.0 Å². The third-order valence-corrected chi connectivity index (χ3v) is 1.31. The van der Waals surface area contributed by atoms with E-state index in [1.165, 1.54) is 7.11 Å². The molecule has 0 amide bonds. The minimum Gasteiger partial charge on any atom is -0.467 e. The lowest BCUT2D eigenvalue weighted by Crippen LogP contribution is -2.13. The summed E-state index contributed by atoms with van der Waals surface area (Å²) < 4.78 is 17.7. The first-order valence-corrected chi connectivity index (χ1v) is 3.39. The fourth-order valence-corrected chi connectivity index (χ4v) is 0.754. The van der Waals surface area contributed by atoms with Crippen LogP contribution in [0.15, 0.2) is 6.20 Å². The predicted octanol–water partition coefficient (Wildman–Crippen LogP) is 0.690. The molecule has 1 heterocycles. The smallest absolute Gasteiger partial charge is 0.318 e. The monoisotopic (exact) mass is 171 g/mol. The molecule has 0 N–H and O–H groups in total. The molecule has 0 aromatic carbocycles. The summed E-state index contributed by atoms with van der Waals surface area (Å²) in [6.45, 7) is 0. The van der Waals surface area contributed by atoms with Gasteiger partial charge in [-0.15, -0.1) is 0 Å². The Balaban J connectivity index is 3.08. The molecule has 66 valence electrons. The Kier molecular flexibility index (Phi) is 2.42. The van der Waals surface area contributed by atoms with Crippen LogP contribution in [0.4, 0.5) is 10.2 Å². The summed E-state index contributed by atoms with van der Waals surface area (Å²) in [4.78, 5) is 8.97. The molecule has 5 heteroatoms. The highest BCUT2D eigenvalue weighted by Gasteiger charge is 2.07. The number of methoxy groups -OCH3 is 1. The van der Waals surface area contributed by atoms with Crippen LogP contribution < -0.4 is 9.64 Å². The Morgan fingerprint density at radius 1 is 1.50 bits per heavy atom. The van der Waals surface area contributed by atoms with Crippen LogP contribution in [0.5, 0.6) is 6.01 Å². The molecule has 0 fully saturated rings. The van der Waals surface area contributed by atoms with Gasteiger partial charge in [0.1, 0.15) is 0 Å². The van der Waals surface area contributed by atoms with Crippen LogP contribution in [-0.2, 0) is 0 Å². The fourth-order valence-electron chi connectivity index (χ4n) is 0.754. The Labute approximate surface area is 70.0 Å². The largest absolute Gasteiger partial charge is 0.467 e. The zero-order chi connectivity index (χ0) is 9.14. The van der Waals surface area contributed by atoms with Crippen LogP contribution in [0.2, 0.25) is 0 Å². The number of ether oxygens (including phenoxy) is 1. The highest BCUT2D eigenvalue weighted by molar-refractivity contribution is 5.37.